The molecule has 0 aliphatic carbocycles. The van der Waals surface area contributed by atoms with Gasteiger partial charge in [0.25, 0.3) is 5.91 Å². The van der Waals surface area contributed by atoms with Crippen molar-refractivity contribution in [2.24, 2.45) is 5.73 Å². The molecule has 100 valence electrons. The molecular formula is C14H12N4OS. The summed E-state index contributed by atoms with van der Waals surface area (Å²) in [5, 5.41) is 2.95. The van der Waals surface area contributed by atoms with Crippen molar-refractivity contribution in [1.29, 1.82) is 0 Å². The monoisotopic (exact) mass is 284 g/mol. The number of carbonyl (C=O) groups excluding carboxylic acids is 1. The molecule has 20 heavy (non-hydrogen) atoms. The van der Waals surface area contributed by atoms with Crippen molar-refractivity contribution in [1.82, 2.24) is 14.4 Å². The number of nitrogens with zero attached hydrogens (tertiary/aromatic N) is 3. The summed E-state index contributed by atoms with van der Waals surface area (Å²) in [5.41, 5.74) is 8.35. The lowest BCUT2D eigenvalue weighted by molar-refractivity contribution is 0.0995. The Morgan fingerprint density at radius 2 is 2.25 bits per heavy atom. The largest absolute Gasteiger partial charge is 0.364 e. The quantitative estimate of drug-likeness (QED) is 0.802. The molecule has 3 aromatic heterocycles. The maximum Gasteiger partial charge on any atom is 0.267 e. The third-order valence-electron chi connectivity index (χ3n) is 2.84. The lowest BCUT2D eigenvalue weighted by Gasteiger charge is -1.99. The van der Waals surface area contributed by atoms with Crippen molar-refractivity contribution in [2.45, 2.75) is 6.92 Å². The zero-order chi connectivity index (χ0) is 14.1. The van der Waals surface area contributed by atoms with Gasteiger partial charge in [-0.1, -0.05) is 6.08 Å². The molecule has 0 radical (unpaired) electrons. The SMILES string of the molecule is Cc1csc(/C=C\c2ccc3ncc(C(N)=O)n3c2)n1. The Balaban J connectivity index is 1.98. The van der Waals surface area contributed by atoms with Crippen molar-refractivity contribution >= 4 is 35.0 Å². The van der Waals surface area contributed by atoms with Gasteiger partial charge in [0.2, 0.25) is 0 Å². The van der Waals surface area contributed by atoms with E-state index in [2.05, 4.69) is 9.97 Å². The molecule has 3 heterocycles. The number of hydrogen-bond acceptors (Lipinski definition) is 4. The number of aryl methyl sites for hydroxylation is 1. The number of imidazole rings is 1. The minimum absolute atomic E-state index is 0.375. The van der Waals surface area contributed by atoms with Crippen LogP contribution in [-0.2, 0) is 0 Å². The Bertz CT molecular complexity index is 816. The summed E-state index contributed by atoms with van der Waals surface area (Å²) in [6.45, 7) is 1.96. The van der Waals surface area contributed by atoms with Crippen LogP contribution in [0.15, 0.2) is 29.9 Å². The second-order valence-corrected chi connectivity index (χ2v) is 5.25. The number of carbonyl (C=O) groups is 1. The number of fused-ring (bicyclic) bond motifs is 1. The van der Waals surface area contributed by atoms with E-state index in [9.17, 15) is 4.79 Å². The van der Waals surface area contributed by atoms with Gasteiger partial charge in [-0.05, 0) is 30.7 Å². The molecule has 0 aromatic carbocycles. The average molecular weight is 284 g/mol. The van der Waals surface area contributed by atoms with Gasteiger partial charge in [0, 0.05) is 17.3 Å². The molecule has 0 saturated carbocycles. The van der Waals surface area contributed by atoms with E-state index in [0.29, 0.717) is 11.3 Å². The normalized spacial score (nSPS) is 11.4. The fourth-order valence-electron chi connectivity index (χ4n) is 1.89. The first-order valence-corrected chi connectivity index (χ1v) is 6.88. The van der Waals surface area contributed by atoms with Gasteiger partial charge in [-0.15, -0.1) is 11.3 Å². The molecule has 1 amide bonds. The summed E-state index contributed by atoms with van der Waals surface area (Å²) >= 11 is 1.59. The summed E-state index contributed by atoms with van der Waals surface area (Å²) in [6, 6.07) is 3.78. The number of rotatable bonds is 3. The van der Waals surface area contributed by atoms with Crippen molar-refractivity contribution in [2.75, 3.05) is 0 Å². The summed E-state index contributed by atoms with van der Waals surface area (Å²) in [6.07, 6.45) is 7.21. The Morgan fingerprint density at radius 1 is 1.40 bits per heavy atom. The van der Waals surface area contributed by atoms with E-state index in [1.54, 1.807) is 15.7 Å². The lowest BCUT2D eigenvalue weighted by Crippen LogP contribution is -2.13. The van der Waals surface area contributed by atoms with Crippen LogP contribution in [0.1, 0.15) is 26.8 Å². The van der Waals surface area contributed by atoms with Crippen LogP contribution in [0.4, 0.5) is 0 Å². The Morgan fingerprint density at radius 3 is 2.95 bits per heavy atom. The highest BCUT2D eigenvalue weighted by Crippen LogP contribution is 2.14. The van der Waals surface area contributed by atoms with Crippen LogP contribution >= 0.6 is 11.3 Å². The Kier molecular flexibility index (Phi) is 3.08. The van der Waals surface area contributed by atoms with Crippen LogP contribution in [0, 0.1) is 6.92 Å². The lowest BCUT2D eigenvalue weighted by atomic mass is 10.2. The highest BCUT2D eigenvalue weighted by atomic mass is 32.1. The highest BCUT2D eigenvalue weighted by molar-refractivity contribution is 7.10. The van der Waals surface area contributed by atoms with Gasteiger partial charge in [0.1, 0.15) is 16.3 Å². The van der Waals surface area contributed by atoms with Crippen molar-refractivity contribution in [3.05, 3.63) is 51.9 Å². The fraction of sp³-hybridized carbons (Fsp3) is 0.0714. The molecule has 0 bridgehead atoms. The maximum atomic E-state index is 11.3. The van der Waals surface area contributed by atoms with Gasteiger partial charge in [-0.3, -0.25) is 9.20 Å². The molecule has 0 atom stereocenters. The molecule has 0 unspecified atom stereocenters. The number of nitrogens with two attached hydrogens (primary N) is 1. The van der Waals surface area contributed by atoms with E-state index in [-0.39, 0.29) is 0 Å². The Labute approximate surface area is 119 Å². The van der Waals surface area contributed by atoms with Crippen LogP contribution in [0.2, 0.25) is 0 Å². The molecule has 0 aliphatic rings. The zero-order valence-electron chi connectivity index (χ0n) is 10.8. The van der Waals surface area contributed by atoms with E-state index >= 15 is 0 Å². The van der Waals surface area contributed by atoms with Crippen LogP contribution < -0.4 is 5.73 Å². The van der Waals surface area contributed by atoms with E-state index < -0.39 is 5.91 Å². The average Bonchev–Trinajstić information content (AvgIpc) is 3.01. The molecule has 3 rings (SSSR count). The first-order valence-electron chi connectivity index (χ1n) is 6.00. The van der Waals surface area contributed by atoms with Gasteiger partial charge in [-0.2, -0.15) is 0 Å². The van der Waals surface area contributed by atoms with Gasteiger partial charge >= 0.3 is 0 Å². The van der Waals surface area contributed by atoms with Crippen molar-refractivity contribution in [3.63, 3.8) is 0 Å². The van der Waals surface area contributed by atoms with Crippen LogP contribution in [-0.4, -0.2) is 20.3 Å². The zero-order valence-corrected chi connectivity index (χ0v) is 11.6. The number of aromatic nitrogens is 3. The number of amides is 1. The van der Waals surface area contributed by atoms with Crippen LogP contribution in [0.5, 0.6) is 0 Å². The molecule has 2 N–H and O–H groups in total. The molecule has 0 aliphatic heterocycles. The predicted octanol–water partition coefficient (Wildman–Crippen LogP) is 2.37. The summed E-state index contributed by atoms with van der Waals surface area (Å²) < 4.78 is 1.69. The van der Waals surface area contributed by atoms with Crippen LogP contribution in [0.3, 0.4) is 0 Å². The topological polar surface area (TPSA) is 73.3 Å². The van der Waals surface area contributed by atoms with Gasteiger partial charge in [0.15, 0.2) is 0 Å². The molecule has 0 spiro atoms. The van der Waals surface area contributed by atoms with Crippen molar-refractivity contribution in [3.8, 4) is 0 Å². The van der Waals surface area contributed by atoms with E-state index in [1.165, 1.54) is 6.20 Å². The minimum atomic E-state index is -0.492. The van der Waals surface area contributed by atoms with Crippen LogP contribution in [0.25, 0.3) is 17.8 Å². The van der Waals surface area contributed by atoms with E-state index in [1.807, 2.05) is 42.8 Å². The van der Waals surface area contributed by atoms with E-state index in [0.717, 1.165) is 16.3 Å². The second-order valence-electron chi connectivity index (χ2n) is 4.36. The van der Waals surface area contributed by atoms with Crippen molar-refractivity contribution < 1.29 is 4.79 Å². The molecule has 0 saturated heterocycles. The van der Waals surface area contributed by atoms with Gasteiger partial charge in [-0.25, -0.2) is 9.97 Å². The van der Waals surface area contributed by atoms with E-state index in [4.69, 9.17) is 5.73 Å². The maximum absolute atomic E-state index is 11.3. The smallest absolute Gasteiger partial charge is 0.267 e. The number of hydrogen-bond donors (Lipinski definition) is 1. The number of primary amides is 1. The summed E-state index contributed by atoms with van der Waals surface area (Å²) in [5.74, 6) is -0.492. The first-order chi connectivity index (χ1) is 9.63. The number of pyridine rings is 1. The molecule has 0 fully saturated rings. The fourth-order valence-corrected chi connectivity index (χ4v) is 2.58. The van der Waals surface area contributed by atoms with Gasteiger partial charge in [0.05, 0.1) is 6.20 Å². The second kappa shape index (κ2) is 4.90. The van der Waals surface area contributed by atoms with Gasteiger partial charge < -0.3 is 5.73 Å². The highest BCUT2D eigenvalue weighted by Gasteiger charge is 2.07. The third-order valence-corrected chi connectivity index (χ3v) is 3.76. The first kappa shape index (κ1) is 12.6. The number of thiazole rings is 1. The molecule has 3 aromatic rings. The molecular weight excluding hydrogens is 272 g/mol. The minimum Gasteiger partial charge on any atom is -0.364 e. The molecule has 6 heteroatoms. The molecule has 5 nitrogen and oxygen atoms in total. The Hall–Kier alpha value is -2.47. The predicted molar refractivity (Wildman–Crippen MR) is 79.5 cm³/mol. The summed E-state index contributed by atoms with van der Waals surface area (Å²) in [7, 11) is 0. The standard InChI is InChI=1S/C14H12N4OS/c1-9-8-20-13(17-9)5-3-10-2-4-12-16-6-11(14(15)19)18(12)7-10/h2-8H,1H3,(H2,15,19)/b5-3-. The summed E-state index contributed by atoms with van der Waals surface area (Å²) in [4.78, 5) is 19.8. The third kappa shape index (κ3) is 2.33.